The van der Waals surface area contributed by atoms with Gasteiger partial charge in [0.15, 0.2) is 0 Å². The lowest BCUT2D eigenvalue weighted by Gasteiger charge is -2.11. The minimum absolute atomic E-state index is 0.777. The largest absolute Gasteiger partial charge is 0.497 e. The van der Waals surface area contributed by atoms with Crippen LogP contribution in [0.4, 0.5) is 5.69 Å². The molecule has 3 rings (SSSR count). The van der Waals surface area contributed by atoms with Crippen LogP contribution in [0.5, 0.6) is 11.5 Å². The minimum atomic E-state index is 0.777. The highest BCUT2D eigenvalue weighted by Gasteiger charge is 2.12. The number of hydrogen-bond donors (Lipinski definition) is 1. The van der Waals surface area contributed by atoms with Crippen molar-refractivity contribution < 1.29 is 9.47 Å². The summed E-state index contributed by atoms with van der Waals surface area (Å²) in [5.41, 5.74) is 3.58. The summed E-state index contributed by atoms with van der Waals surface area (Å²) in [5.74, 6) is 1.87. The van der Waals surface area contributed by atoms with Gasteiger partial charge < -0.3 is 14.8 Å². The molecule has 0 atom stereocenters. The van der Waals surface area contributed by atoms with Crippen molar-refractivity contribution in [3.05, 3.63) is 52.0 Å². The first-order valence-electron chi connectivity index (χ1n) is 6.58. The van der Waals surface area contributed by atoms with Crippen LogP contribution in [-0.2, 0) is 13.0 Å². The number of benzene rings is 2. The number of nitrogens with one attached hydrogen (secondary N) is 1. The number of ether oxygens (including phenoxy) is 2. The lowest BCUT2D eigenvalue weighted by Crippen LogP contribution is -2.01. The molecule has 20 heavy (non-hydrogen) atoms. The highest BCUT2D eigenvalue weighted by atomic mass is 79.9. The molecule has 0 unspecified atom stereocenters. The van der Waals surface area contributed by atoms with Gasteiger partial charge in [-0.3, -0.25) is 0 Å². The maximum atomic E-state index is 5.52. The van der Waals surface area contributed by atoms with Crippen LogP contribution in [0.1, 0.15) is 11.1 Å². The number of halogens is 1. The van der Waals surface area contributed by atoms with Crippen LogP contribution in [0.25, 0.3) is 0 Å². The minimum Gasteiger partial charge on any atom is -0.497 e. The van der Waals surface area contributed by atoms with Crippen molar-refractivity contribution in [2.75, 3.05) is 19.0 Å². The second-order valence-corrected chi connectivity index (χ2v) is 5.59. The molecule has 1 aliphatic rings. The van der Waals surface area contributed by atoms with Gasteiger partial charge in [-0.25, -0.2) is 0 Å². The van der Waals surface area contributed by atoms with Gasteiger partial charge in [0.05, 0.1) is 19.4 Å². The van der Waals surface area contributed by atoms with Gasteiger partial charge in [-0.05, 0) is 45.3 Å². The fourth-order valence-electron chi connectivity index (χ4n) is 2.31. The maximum absolute atomic E-state index is 5.52. The molecule has 1 heterocycles. The third kappa shape index (κ3) is 2.75. The molecule has 1 N–H and O–H groups in total. The normalized spacial score (nSPS) is 12.7. The molecule has 0 aromatic heterocycles. The van der Waals surface area contributed by atoms with Crippen molar-refractivity contribution in [1.29, 1.82) is 0 Å². The quantitative estimate of drug-likeness (QED) is 0.917. The van der Waals surface area contributed by atoms with Gasteiger partial charge >= 0.3 is 0 Å². The molecule has 4 heteroatoms. The average Bonchev–Trinajstić information content (AvgIpc) is 2.94. The molecule has 1 aliphatic heterocycles. The van der Waals surface area contributed by atoms with Crippen molar-refractivity contribution in [1.82, 2.24) is 0 Å². The van der Waals surface area contributed by atoms with Crippen molar-refractivity contribution >= 4 is 21.6 Å². The zero-order chi connectivity index (χ0) is 13.9. The van der Waals surface area contributed by atoms with E-state index in [2.05, 4.69) is 39.4 Å². The molecule has 0 saturated carbocycles. The fourth-order valence-corrected chi connectivity index (χ4v) is 2.70. The second-order valence-electron chi connectivity index (χ2n) is 4.74. The van der Waals surface area contributed by atoms with Gasteiger partial charge in [-0.1, -0.05) is 12.1 Å². The zero-order valence-corrected chi connectivity index (χ0v) is 12.9. The van der Waals surface area contributed by atoms with Crippen molar-refractivity contribution in [3.8, 4) is 11.5 Å². The Morgan fingerprint density at radius 3 is 3.00 bits per heavy atom. The van der Waals surface area contributed by atoms with E-state index in [0.29, 0.717) is 0 Å². The predicted molar refractivity (Wildman–Crippen MR) is 83.7 cm³/mol. The van der Waals surface area contributed by atoms with Gasteiger partial charge in [-0.15, -0.1) is 0 Å². The first kappa shape index (κ1) is 13.3. The summed E-state index contributed by atoms with van der Waals surface area (Å²) >= 11 is 3.54. The van der Waals surface area contributed by atoms with E-state index in [4.69, 9.17) is 9.47 Å². The first-order valence-corrected chi connectivity index (χ1v) is 7.37. The van der Waals surface area contributed by atoms with Gasteiger partial charge in [0, 0.05) is 23.5 Å². The van der Waals surface area contributed by atoms with Crippen LogP contribution >= 0.6 is 15.9 Å². The lowest BCUT2D eigenvalue weighted by atomic mass is 10.1. The summed E-state index contributed by atoms with van der Waals surface area (Å²) in [6, 6.07) is 12.3. The van der Waals surface area contributed by atoms with Crippen LogP contribution in [0, 0.1) is 0 Å². The van der Waals surface area contributed by atoms with Crippen molar-refractivity contribution in [2.24, 2.45) is 0 Å². The molecule has 3 nitrogen and oxygen atoms in total. The second kappa shape index (κ2) is 5.75. The summed E-state index contributed by atoms with van der Waals surface area (Å²) in [5, 5.41) is 3.43. The highest BCUT2D eigenvalue weighted by molar-refractivity contribution is 9.10. The summed E-state index contributed by atoms with van der Waals surface area (Å²) < 4.78 is 11.8. The number of anilines is 1. The standard InChI is InChI=1S/C16H16BrNO2/c1-19-13-3-4-14(17)15(9-13)18-10-11-2-5-16-12(8-11)6-7-20-16/h2-5,8-9,18H,6-7,10H2,1H3. The Morgan fingerprint density at radius 2 is 2.15 bits per heavy atom. The Hall–Kier alpha value is -1.68. The molecule has 2 aromatic rings. The number of fused-ring (bicyclic) bond motifs is 1. The van der Waals surface area contributed by atoms with Gasteiger partial charge in [0.1, 0.15) is 11.5 Å². The summed E-state index contributed by atoms with van der Waals surface area (Å²) in [7, 11) is 1.67. The number of rotatable bonds is 4. The Morgan fingerprint density at radius 1 is 1.25 bits per heavy atom. The summed E-state index contributed by atoms with van der Waals surface area (Å²) in [6.07, 6.45) is 1.01. The third-order valence-electron chi connectivity index (χ3n) is 3.41. The van der Waals surface area contributed by atoms with Crippen LogP contribution < -0.4 is 14.8 Å². The van der Waals surface area contributed by atoms with E-state index in [1.54, 1.807) is 7.11 Å². The number of hydrogen-bond acceptors (Lipinski definition) is 3. The first-order chi connectivity index (χ1) is 9.76. The molecule has 2 aromatic carbocycles. The topological polar surface area (TPSA) is 30.5 Å². The van der Waals surface area contributed by atoms with Gasteiger partial charge in [0.25, 0.3) is 0 Å². The predicted octanol–water partition coefficient (Wildman–Crippen LogP) is 4.00. The molecule has 0 fully saturated rings. The van der Waals surface area contributed by atoms with Crippen LogP contribution in [0.2, 0.25) is 0 Å². The van der Waals surface area contributed by atoms with E-state index in [1.165, 1.54) is 11.1 Å². The Balaban J connectivity index is 1.73. The molecule has 0 radical (unpaired) electrons. The molecule has 0 aliphatic carbocycles. The molecule has 104 valence electrons. The van der Waals surface area contributed by atoms with E-state index in [-0.39, 0.29) is 0 Å². The zero-order valence-electron chi connectivity index (χ0n) is 11.3. The highest BCUT2D eigenvalue weighted by Crippen LogP contribution is 2.29. The monoisotopic (exact) mass is 333 g/mol. The van der Waals surface area contributed by atoms with Crippen LogP contribution in [0.3, 0.4) is 0 Å². The molecule has 0 bridgehead atoms. The van der Waals surface area contributed by atoms with E-state index >= 15 is 0 Å². The van der Waals surface area contributed by atoms with E-state index in [0.717, 1.165) is 41.2 Å². The molecule has 0 amide bonds. The van der Waals surface area contributed by atoms with Gasteiger partial charge in [0.2, 0.25) is 0 Å². The lowest BCUT2D eigenvalue weighted by molar-refractivity contribution is 0.357. The summed E-state index contributed by atoms with van der Waals surface area (Å²) in [6.45, 7) is 1.58. The average molecular weight is 334 g/mol. The molecular formula is C16H16BrNO2. The Kier molecular flexibility index (Phi) is 3.83. The van der Waals surface area contributed by atoms with E-state index < -0.39 is 0 Å². The SMILES string of the molecule is COc1ccc(Br)c(NCc2ccc3c(c2)CCO3)c1. The third-order valence-corrected chi connectivity index (χ3v) is 4.10. The Bertz CT molecular complexity index is 628. The summed E-state index contributed by atoms with van der Waals surface area (Å²) in [4.78, 5) is 0. The van der Waals surface area contributed by atoms with Crippen molar-refractivity contribution in [3.63, 3.8) is 0 Å². The Labute approximate surface area is 127 Å². The molecule has 0 saturated heterocycles. The number of methoxy groups -OCH3 is 1. The molecular weight excluding hydrogens is 318 g/mol. The maximum Gasteiger partial charge on any atom is 0.122 e. The van der Waals surface area contributed by atoms with Gasteiger partial charge in [-0.2, -0.15) is 0 Å². The smallest absolute Gasteiger partial charge is 0.122 e. The van der Waals surface area contributed by atoms with E-state index in [1.807, 2.05) is 18.2 Å². The van der Waals surface area contributed by atoms with Crippen LogP contribution in [0.15, 0.2) is 40.9 Å². The van der Waals surface area contributed by atoms with E-state index in [9.17, 15) is 0 Å². The fraction of sp³-hybridized carbons (Fsp3) is 0.250. The van der Waals surface area contributed by atoms with Crippen LogP contribution in [-0.4, -0.2) is 13.7 Å². The van der Waals surface area contributed by atoms with Crippen molar-refractivity contribution in [2.45, 2.75) is 13.0 Å². The molecule has 0 spiro atoms.